The summed E-state index contributed by atoms with van der Waals surface area (Å²) < 4.78 is 64.4. The molecule has 0 aliphatic rings. The van der Waals surface area contributed by atoms with Crippen molar-refractivity contribution < 1.29 is 30.6 Å². The molecule has 1 amide bonds. The average molecular weight is 401 g/mol. The highest BCUT2D eigenvalue weighted by Crippen LogP contribution is 2.32. The Kier molecular flexibility index (Phi) is 6.15. The van der Waals surface area contributed by atoms with Crippen molar-refractivity contribution in [2.45, 2.75) is 25.8 Å². The summed E-state index contributed by atoms with van der Waals surface area (Å²) >= 11 is 0. The van der Waals surface area contributed by atoms with Gasteiger partial charge in [-0.05, 0) is 42.2 Å². The molecule has 146 valence electrons. The van der Waals surface area contributed by atoms with Crippen molar-refractivity contribution >= 4 is 16.0 Å². The molecule has 0 spiro atoms. The minimum atomic E-state index is -5.76. The Balaban J connectivity index is 2.43. The van der Waals surface area contributed by atoms with E-state index in [0.717, 1.165) is 17.2 Å². The van der Waals surface area contributed by atoms with Gasteiger partial charge in [0.05, 0.1) is 0 Å². The fourth-order valence-electron chi connectivity index (χ4n) is 2.45. The molecule has 0 aliphatic carbocycles. The molecule has 0 atom stereocenters. The first kappa shape index (κ1) is 20.8. The zero-order chi connectivity index (χ0) is 20.2. The Labute approximate surface area is 155 Å². The highest BCUT2D eigenvalue weighted by molar-refractivity contribution is 7.88. The van der Waals surface area contributed by atoms with Gasteiger partial charge in [0.15, 0.2) is 0 Å². The van der Waals surface area contributed by atoms with Gasteiger partial charge in [-0.15, -0.1) is 0 Å². The van der Waals surface area contributed by atoms with Crippen molar-refractivity contribution in [3.63, 3.8) is 0 Å². The van der Waals surface area contributed by atoms with Gasteiger partial charge in [-0.1, -0.05) is 35.9 Å². The normalized spacial score (nSPS) is 11.9. The van der Waals surface area contributed by atoms with Crippen LogP contribution in [0.25, 0.3) is 11.1 Å². The van der Waals surface area contributed by atoms with Gasteiger partial charge in [0.1, 0.15) is 5.75 Å². The van der Waals surface area contributed by atoms with Crippen LogP contribution in [0.3, 0.4) is 0 Å². The molecule has 0 aliphatic heterocycles. The molecule has 0 heterocycles. The van der Waals surface area contributed by atoms with Crippen LogP contribution in [0.2, 0.25) is 0 Å². The number of benzene rings is 2. The lowest BCUT2D eigenvalue weighted by atomic mass is 9.96. The lowest BCUT2D eigenvalue weighted by Gasteiger charge is -2.14. The highest BCUT2D eigenvalue weighted by Gasteiger charge is 2.48. The van der Waals surface area contributed by atoms with Gasteiger partial charge < -0.3 is 9.50 Å². The summed E-state index contributed by atoms with van der Waals surface area (Å²) in [5.41, 5.74) is -2.64. The molecule has 5 nitrogen and oxygen atoms in total. The summed E-state index contributed by atoms with van der Waals surface area (Å²) in [6.45, 7) is 3.56. The molecule has 1 N–H and O–H groups in total. The van der Waals surface area contributed by atoms with E-state index in [0.29, 0.717) is 24.1 Å². The minimum Gasteiger partial charge on any atom is -0.376 e. The topological polar surface area (TPSA) is 72.5 Å². The van der Waals surface area contributed by atoms with Crippen LogP contribution in [0.15, 0.2) is 42.5 Å². The quantitative estimate of drug-likeness (QED) is 0.593. The molecule has 2 rings (SSSR count). The van der Waals surface area contributed by atoms with Crippen LogP contribution < -0.4 is 9.50 Å². The zero-order valence-electron chi connectivity index (χ0n) is 14.6. The summed E-state index contributed by atoms with van der Waals surface area (Å²) in [6, 6.07) is 11.1. The van der Waals surface area contributed by atoms with E-state index < -0.39 is 21.4 Å². The van der Waals surface area contributed by atoms with Crippen LogP contribution in [-0.2, 0) is 21.3 Å². The molecule has 27 heavy (non-hydrogen) atoms. The Morgan fingerprint density at radius 1 is 1.15 bits per heavy atom. The van der Waals surface area contributed by atoms with Gasteiger partial charge in [-0.2, -0.15) is 21.6 Å². The van der Waals surface area contributed by atoms with E-state index in [4.69, 9.17) is 0 Å². The van der Waals surface area contributed by atoms with Crippen molar-refractivity contribution in [1.29, 1.82) is 0 Å². The maximum Gasteiger partial charge on any atom is 0.534 e. The summed E-state index contributed by atoms with van der Waals surface area (Å²) in [5.74, 6) is -0.643. The van der Waals surface area contributed by atoms with Crippen LogP contribution in [0.1, 0.15) is 18.1 Å². The predicted octanol–water partition coefficient (Wildman–Crippen LogP) is 3.57. The first-order valence-corrected chi connectivity index (χ1v) is 9.35. The van der Waals surface area contributed by atoms with E-state index in [9.17, 15) is 26.4 Å². The Morgan fingerprint density at radius 3 is 2.44 bits per heavy atom. The molecule has 2 aromatic rings. The Bertz CT molecular complexity index is 940. The molecule has 0 radical (unpaired) electrons. The van der Waals surface area contributed by atoms with Crippen LogP contribution in [0, 0.1) is 6.92 Å². The van der Waals surface area contributed by atoms with Crippen LogP contribution in [0.5, 0.6) is 5.75 Å². The maximum absolute atomic E-state index is 12.6. The number of rotatable bonds is 6. The van der Waals surface area contributed by atoms with Gasteiger partial charge in [-0.3, -0.25) is 4.79 Å². The van der Waals surface area contributed by atoms with Gasteiger partial charge >= 0.3 is 15.6 Å². The summed E-state index contributed by atoms with van der Waals surface area (Å²) in [7, 11) is -5.76. The summed E-state index contributed by atoms with van der Waals surface area (Å²) in [5, 5.41) is 2.64. The summed E-state index contributed by atoms with van der Waals surface area (Å²) in [6.07, 6.45) is 0.412. The third-order valence-corrected chi connectivity index (χ3v) is 4.65. The van der Waals surface area contributed by atoms with E-state index in [1.807, 2.05) is 19.1 Å². The second-order valence-electron chi connectivity index (χ2n) is 5.90. The third-order valence-electron chi connectivity index (χ3n) is 3.67. The Hall–Kier alpha value is -2.55. The smallest absolute Gasteiger partial charge is 0.376 e. The maximum atomic E-state index is 12.6. The van der Waals surface area contributed by atoms with E-state index in [1.165, 1.54) is 19.1 Å². The molecule has 0 aromatic heterocycles. The number of hydrogen-bond donors (Lipinski definition) is 1. The number of amides is 1. The molecule has 0 bridgehead atoms. The molecule has 0 saturated heterocycles. The molecule has 2 aromatic carbocycles. The van der Waals surface area contributed by atoms with Gasteiger partial charge in [0.25, 0.3) is 0 Å². The zero-order valence-corrected chi connectivity index (χ0v) is 15.4. The number of hydrogen-bond acceptors (Lipinski definition) is 4. The number of halogens is 3. The van der Waals surface area contributed by atoms with Crippen molar-refractivity contribution in [3.8, 4) is 16.9 Å². The molecule has 0 saturated carbocycles. The van der Waals surface area contributed by atoms with Gasteiger partial charge in [-0.25, -0.2) is 0 Å². The van der Waals surface area contributed by atoms with Crippen molar-refractivity contribution in [2.75, 3.05) is 6.54 Å². The number of aryl methyl sites for hydroxylation is 1. The molecular weight excluding hydrogens is 383 g/mol. The van der Waals surface area contributed by atoms with E-state index >= 15 is 0 Å². The second-order valence-corrected chi connectivity index (χ2v) is 7.44. The number of nitrogens with one attached hydrogen (secondary N) is 1. The monoisotopic (exact) mass is 401 g/mol. The lowest BCUT2D eigenvalue weighted by molar-refractivity contribution is -0.118. The standard InChI is InChI=1S/C18H18F3NO4S/c1-12-4-3-5-15(10-12)17-11-16(26-27(24,25)18(19,20)21)7-6-14(17)8-9-22-13(2)23/h3-7,10-11H,8-9H2,1-2H3,(H,22,23). The number of carbonyl (C=O) groups is 1. The van der Waals surface area contributed by atoms with E-state index in [1.54, 1.807) is 12.1 Å². The van der Waals surface area contributed by atoms with E-state index in [2.05, 4.69) is 9.50 Å². The molecule has 0 unspecified atom stereocenters. The minimum absolute atomic E-state index is 0.205. The molecule has 0 fully saturated rings. The number of alkyl halides is 3. The first-order valence-electron chi connectivity index (χ1n) is 7.95. The van der Waals surface area contributed by atoms with Crippen molar-refractivity contribution in [1.82, 2.24) is 5.32 Å². The Morgan fingerprint density at radius 2 is 1.85 bits per heavy atom. The predicted molar refractivity (Wildman–Crippen MR) is 94.6 cm³/mol. The van der Waals surface area contributed by atoms with Crippen molar-refractivity contribution in [2.24, 2.45) is 0 Å². The second kappa shape index (κ2) is 7.99. The third kappa shape index (κ3) is 5.46. The fourth-order valence-corrected chi connectivity index (χ4v) is 2.91. The number of carbonyl (C=O) groups excluding carboxylic acids is 1. The lowest BCUT2D eigenvalue weighted by Crippen LogP contribution is -2.28. The van der Waals surface area contributed by atoms with Crippen LogP contribution in [-0.4, -0.2) is 26.4 Å². The molecular formula is C18H18F3NO4S. The first-order chi connectivity index (χ1) is 12.5. The van der Waals surface area contributed by atoms with Gasteiger partial charge in [0.2, 0.25) is 5.91 Å². The SMILES string of the molecule is CC(=O)NCCc1ccc(OS(=O)(=O)C(F)(F)F)cc1-c1cccc(C)c1. The van der Waals surface area contributed by atoms with Gasteiger partial charge in [0, 0.05) is 13.5 Å². The van der Waals surface area contributed by atoms with Crippen molar-refractivity contribution in [3.05, 3.63) is 53.6 Å². The van der Waals surface area contributed by atoms with Crippen LogP contribution in [0.4, 0.5) is 13.2 Å². The van der Waals surface area contributed by atoms with Crippen LogP contribution >= 0.6 is 0 Å². The summed E-state index contributed by atoms with van der Waals surface area (Å²) in [4.78, 5) is 11.0. The van der Waals surface area contributed by atoms with E-state index in [-0.39, 0.29) is 5.91 Å². The highest BCUT2D eigenvalue weighted by atomic mass is 32.2. The fraction of sp³-hybridized carbons (Fsp3) is 0.278. The molecule has 9 heteroatoms. The average Bonchev–Trinajstić information content (AvgIpc) is 2.54. The largest absolute Gasteiger partial charge is 0.534 e.